The van der Waals surface area contributed by atoms with Crippen molar-refractivity contribution >= 4 is 21.7 Å². The molecule has 0 aromatic carbocycles. The summed E-state index contributed by atoms with van der Waals surface area (Å²) in [6.07, 6.45) is 7.84. The molecular weight excluding hydrogens is 569 g/mol. The monoisotopic (exact) mass is 616 g/mol. The molecule has 42 heavy (non-hydrogen) atoms. The van der Waals surface area contributed by atoms with E-state index in [1.807, 2.05) is 37.0 Å². The van der Waals surface area contributed by atoms with Gasteiger partial charge in [-0.15, -0.1) is 0 Å². The van der Waals surface area contributed by atoms with Crippen LogP contribution in [0.15, 0.2) is 11.6 Å². The second-order valence-electron chi connectivity index (χ2n) is 16.2. The lowest BCUT2D eigenvalue weighted by molar-refractivity contribution is -0.188. The fourth-order valence-corrected chi connectivity index (χ4v) is 11.9. The van der Waals surface area contributed by atoms with Gasteiger partial charge in [0.1, 0.15) is 0 Å². The van der Waals surface area contributed by atoms with Gasteiger partial charge in [-0.05, 0) is 103 Å². The molecule has 7 nitrogen and oxygen atoms in total. The van der Waals surface area contributed by atoms with Crippen LogP contribution in [0.4, 0.5) is 13.2 Å². The van der Waals surface area contributed by atoms with Gasteiger partial charge in [0.05, 0.1) is 0 Å². The van der Waals surface area contributed by atoms with Crippen LogP contribution in [0, 0.1) is 50.2 Å². The lowest BCUT2D eigenvalue weighted by Gasteiger charge is -2.70. The Morgan fingerprint density at radius 3 is 2.17 bits per heavy atom. The maximum atomic E-state index is 14.4. The minimum absolute atomic E-state index is 0.0171. The number of hydrogen-bond donors (Lipinski definition) is 3. The number of halogens is 3. The highest BCUT2D eigenvalue weighted by atomic mass is 32.2. The Labute approximate surface area is 247 Å². The van der Waals surface area contributed by atoms with Crippen molar-refractivity contribution in [1.29, 1.82) is 0 Å². The van der Waals surface area contributed by atoms with E-state index in [0.29, 0.717) is 32.1 Å². The Morgan fingerprint density at radius 1 is 0.952 bits per heavy atom. The van der Waals surface area contributed by atoms with E-state index in [1.54, 1.807) is 0 Å². The first-order chi connectivity index (χ1) is 19.0. The molecule has 9 atom stereocenters. The number of hydrogen-bond acceptors (Lipinski definition) is 5. The average molecular weight is 617 g/mol. The Balaban J connectivity index is 1.54. The number of alkyl halides is 3. The van der Waals surface area contributed by atoms with E-state index in [0.717, 1.165) is 24.8 Å². The summed E-state index contributed by atoms with van der Waals surface area (Å²) in [6.45, 7) is 14.4. The van der Waals surface area contributed by atoms with Crippen molar-refractivity contribution in [2.45, 2.75) is 118 Å². The minimum Gasteiger partial charge on any atom is -0.295 e. The van der Waals surface area contributed by atoms with Gasteiger partial charge in [0.25, 0.3) is 0 Å². The fraction of sp³-hybridized carbons (Fsp3) is 0.871. The molecule has 0 aliphatic heterocycles. The first kappa shape index (κ1) is 31.9. The third-order valence-corrected chi connectivity index (χ3v) is 15.1. The third kappa shape index (κ3) is 4.14. The molecule has 0 aromatic rings. The van der Waals surface area contributed by atoms with Crippen LogP contribution in [0.2, 0.25) is 0 Å². The van der Waals surface area contributed by atoms with Gasteiger partial charge >= 0.3 is 15.5 Å². The largest absolute Gasteiger partial charge is 0.511 e. The van der Waals surface area contributed by atoms with Crippen LogP contribution in [0.1, 0.15) is 106 Å². The number of sulfonamides is 1. The maximum absolute atomic E-state index is 14.4. The Morgan fingerprint density at radius 2 is 1.57 bits per heavy atom. The topological polar surface area (TPSA) is 113 Å². The zero-order chi connectivity index (χ0) is 31.5. The van der Waals surface area contributed by atoms with Gasteiger partial charge < -0.3 is 0 Å². The van der Waals surface area contributed by atoms with Crippen LogP contribution < -0.4 is 10.2 Å². The Hall–Kier alpha value is -1.46. The van der Waals surface area contributed by atoms with Crippen molar-refractivity contribution in [3.63, 3.8) is 0 Å². The molecule has 0 heterocycles. The van der Waals surface area contributed by atoms with Crippen molar-refractivity contribution < 1.29 is 36.4 Å². The van der Waals surface area contributed by atoms with Crippen LogP contribution in [-0.2, 0) is 19.6 Å². The highest BCUT2D eigenvalue weighted by Gasteiger charge is 2.70. The summed E-state index contributed by atoms with van der Waals surface area (Å²) in [7, 11) is -5.50. The summed E-state index contributed by atoms with van der Waals surface area (Å²) in [5.74, 6) is -0.830. The Kier molecular flexibility index (Phi) is 7.06. The molecule has 0 radical (unpaired) electrons. The van der Waals surface area contributed by atoms with Crippen molar-refractivity contribution in [3.05, 3.63) is 11.6 Å². The van der Waals surface area contributed by atoms with Gasteiger partial charge in [-0.3, -0.25) is 14.8 Å². The lowest BCUT2D eigenvalue weighted by Crippen LogP contribution is -2.68. The van der Waals surface area contributed by atoms with Crippen LogP contribution in [0.3, 0.4) is 0 Å². The molecule has 5 aliphatic carbocycles. The molecule has 3 N–H and O–H groups in total. The zero-order valence-corrected chi connectivity index (χ0v) is 26.7. The molecule has 0 bridgehead atoms. The molecular formula is C31H47F3N2O5S. The van der Waals surface area contributed by atoms with Gasteiger partial charge in [-0.1, -0.05) is 54.0 Å². The minimum atomic E-state index is -5.50. The molecule has 0 saturated heterocycles. The first-order valence-corrected chi connectivity index (χ1v) is 16.8. The summed E-state index contributed by atoms with van der Waals surface area (Å²) >= 11 is 0. The molecule has 0 spiro atoms. The van der Waals surface area contributed by atoms with Gasteiger partial charge in [-0.25, -0.2) is 18.6 Å². The SMILES string of the molecule is CC1(C)C2CC[C@]3(C)C(C(=O)C=C4C5C[C@@](C)(C(=O)NO)CC[C@]5(C)CC[C@]43C)[C@@]2(C)CC[C@H]1NS(=O)(=O)C(F)(F)F. The van der Waals surface area contributed by atoms with E-state index in [-0.39, 0.29) is 40.8 Å². The van der Waals surface area contributed by atoms with Gasteiger partial charge in [0.2, 0.25) is 5.91 Å². The second kappa shape index (κ2) is 9.28. The molecule has 238 valence electrons. The molecule has 11 heteroatoms. The first-order valence-electron chi connectivity index (χ1n) is 15.3. The quantitative estimate of drug-likeness (QED) is 0.255. The van der Waals surface area contributed by atoms with Crippen LogP contribution >= 0.6 is 0 Å². The summed E-state index contributed by atoms with van der Waals surface area (Å²) in [4.78, 5) is 27.2. The predicted molar refractivity (Wildman–Crippen MR) is 151 cm³/mol. The summed E-state index contributed by atoms with van der Waals surface area (Å²) < 4.78 is 66.0. The van der Waals surface area contributed by atoms with Gasteiger partial charge in [0, 0.05) is 17.4 Å². The van der Waals surface area contributed by atoms with Crippen LogP contribution in [0.5, 0.6) is 0 Å². The summed E-state index contributed by atoms with van der Waals surface area (Å²) in [6, 6.07) is -0.889. The second-order valence-corrected chi connectivity index (χ2v) is 17.9. The van der Waals surface area contributed by atoms with Crippen molar-refractivity contribution in [2.75, 3.05) is 0 Å². The van der Waals surface area contributed by atoms with E-state index < -0.39 is 49.1 Å². The average Bonchev–Trinajstić information content (AvgIpc) is 2.86. The number of fused-ring (bicyclic) bond motifs is 7. The standard InChI is InChI=1S/C31H47F3N2O5S/c1-25(2)21-8-11-30(7)23(28(21,5)10-9-22(25)36-42(40,41)31(32,33)34)20(37)16-18-19-17-27(4,24(38)35-39)13-12-26(19,3)14-15-29(18,30)6/h16,19,21-23,36,39H,8-15,17H2,1-7H3,(H,35,38)/t19?,21?,22-,23?,26-,27+,28+,29-,30-/m1/s1. The molecule has 4 saturated carbocycles. The number of ketones is 1. The number of hydroxylamine groups is 1. The van der Waals surface area contributed by atoms with Crippen LogP contribution in [0.25, 0.3) is 0 Å². The molecule has 4 fully saturated rings. The number of amides is 1. The maximum Gasteiger partial charge on any atom is 0.511 e. The van der Waals surface area contributed by atoms with Gasteiger partial charge in [-0.2, -0.15) is 13.2 Å². The van der Waals surface area contributed by atoms with Crippen molar-refractivity contribution in [3.8, 4) is 0 Å². The molecule has 3 unspecified atom stereocenters. The number of carbonyl (C=O) groups is 2. The van der Waals surface area contributed by atoms with Crippen molar-refractivity contribution in [2.24, 2.45) is 50.2 Å². The van der Waals surface area contributed by atoms with E-state index in [4.69, 9.17) is 0 Å². The fourth-order valence-electron chi connectivity index (χ4n) is 11.0. The lowest BCUT2D eigenvalue weighted by atomic mass is 9.33. The third-order valence-electron chi connectivity index (χ3n) is 13.9. The van der Waals surface area contributed by atoms with Crippen molar-refractivity contribution in [1.82, 2.24) is 10.2 Å². The van der Waals surface area contributed by atoms with E-state index in [2.05, 4.69) is 27.7 Å². The molecule has 1 amide bonds. The van der Waals surface area contributed by atoms with Crippen LogP contribution in [-0.4, -0.2) is 36.9 Å². The highest BCUT2D eigenvalue weighted by molar-refractivity contribution is 7.90. The predicted octanol–water partition coefficient (Wildman–Crippen LogP) is 6.28. The summed E-state index contributed by atoms with van der Waals surface area (Å²) in [5, 5.41) is 9.47. The van der Waals surface area contributed by atoms with E-state index in [9.17, 15) is 36.4 Å². The zero-order valence-electron chi connectivity index (χ0n) is 25.9. The summed E-state index contributed by atoms with van der Waals surface area (Å²) in [5.41, 5.74) is -5.22. The number of carbonyl (C=O) groups excluding carboxylic acids is 2. The Bertz CT molecular complexity index is 1330. The molecule has 0 aromatic heterocycles. The highest BCUT2D eigenvalue weighted by Crippen LogP contribution is 2.75. The molecule has 5 rings (SSSR count). The number of nitrogens with one attached hydrogen (secondary N) is 2. The number of rotatable bonds is 3. The molecule has 5 aliphatic rings. The smallest absolute Gasteiger partial charge is 0.295 e. The number of allylic oxidation sites excluding steroid dienone is 2. The normalized spacial score (nSPS) is 46.8. The van der Waals surface area contributed by atoms with E-state index in [1.165, 1.54) is 0 Å². The van der Waals surface area contributed by atoms with E-state index >= 15 is 0 Å². The van der Waals surface area contributed by atoms with Gasteiger partial charge in [0.15, 0.2) is 5.78 Å².